The molecule has 0 bridgehead atoms. The Morgan fingerprint density at radius 3 is 1.11 bits per heavy atom. The molecule has 0 aliphatic carbocycles. The molecule has 7 aromatic rings. The second-order valence-corrected chi connectivity index (χ2v) is 22.5. The quantitative estimate of drug-likeness (QED) is 0.0105. The van der Waals surface area contributed by atoms with Crippen LogP contribution in [0.2, 0.25) is 0 Å². The Kier molecular flexibility index (Phi) is 34.9. The minimum Gasteiger partial charge on any atom is -0.487 e. The molecule has 3 amide bonds. The number of benzene rings is 4. The molecule has 0 aliphatic heterocycles. The zero-order chi connectivity index (χ0) is 76.6. The Hall–Kier alpha value is -12.0. The van der Waals surface area contributed by atoms with E-state index in [1.54, 1.807) is 39.6 Å². The van der Waals surface area contributed by atoms with E-state index in [0.29, 0.717) is 48.7 Å². The summed E-state index contributed by atoms with van der Waals surface area (Å²) in [5.41, 5.74) is 2.51. The average molecular weight is 1490 g/mol. The van der Waals surface area contributed by atoms with Crippen molar-refractivity contribution in [3.63, 3.8) is 0 Å². The molecule has 38 nitrogen and oxygen atoms in total. The van der Waals surface area contributed by atoms with Crippen LogP contribution in [0.1, 0.15) is 97.5 Å². The molecular weight excluding hydrogens is 1410 g/mol. The second kappa shape index (κ2) is 45.3. The minimum atomic E-state index is -1.33. The van der Waals surface area contributed by atoms with Crippen LogP contribution >= 0.6 is 0 Å². The van der Waals surface area contributed by atoms with Gasteiger partial charge in [-0.15, -0.1) is 15.3 Å². The van der Waals surface area contributed by atoms with Gasteiger partial charge in [-0.1, -0.05) is 22.6 Å². The molecule has 3 heterocycles. The van der Waals surface area contributed by atoms with Gasteiger partial charge in [0, 0.05) is 47.7 Å². The van der Waals surface area contributed by atoms with Gasteiger partial charge in [0.2, 0.25) is 5.75 Å². The molecule has 3 aromatic heterocycles. The van der Waals surface area contributed by atoms with Crippen LogP contribution in [-0.2, 0) is 101 Å². The maximum Gasteiger partial charge on any atom is 0.322 e. The smallest absolute Gasteiger partial charge is 0.322 e. The van der Waals surface area contributed by atoms with Gasteiger partial charge in [-0.3, -0.25) is 52.7 Å². The van der Waals surface area contributed by atoms with E-state index in [4.69, 9.17) is 72.2 Å². The lowest BCUT2D eigenvalue weighted by Gasteiger charge is -2.19. The Bertz CT molecular complexity index is 3900. The van der Waals surface area contributed by atoms with Crippen LogP contribution in [-0.4, -0.2) is 231 Å². The molecule has 6 N–H and O–H groups in total. The van der Waals surface area contributed by atoms with Gasteiger partial charge in [0.1, 0.15) is 67.7 Å². The Morgan fingerprint density at radius 2 is 0.729 bits per heavy atom. The normalized spacial score (nSPS) is 10.9. The summed E-state index contributed by atoms with van der Waals surface area (Å²) in [6.07, 6.45) is 3.22. The first-order valence-corrected chi connectivity index (χ1v) is 33.4. The summed E-state index contributed by atoms with van der Waals surface area (Å²) in [5.74, 6) is -8.02. The van der Waals surface area contributed by atoms with Crippen molar-refractivity contribution < 1.29 is 125 Å². The molecule has 0 saturated carbocycles. The van der Waals surface area contributed by atoms with Crippen molar-refractivity contribution in [1.82, 2.24) is 60.9 Å². The molecule has 107 heavy (non-hydrogen) atoms. The lowest BCUT2D eigenvalue weighted by atomic mass is 10.1. The van der Waals surface area contributed by atoms with E-state index in [1.165, 1.54) is 84.9 Å². The highest BCUT2D eigenvalue weighted by Gasteiger charge is 2.22. The van der Waals surface area contributed by atoms with Crippen molar-refractivity contribution in [2.75, 3.05) is 106 Å². The number of carboxylic acids is 3. The van der Waals surface area contributed by atoms with Crippen molar-refractivity contribution in [3.05, 3.63) is 143 Å². The van der Waals surface area contributed by atoms with Gasteiger partial charge in [0.25, 0.3) is 17.7 Å². The lowest BCUT2D eigenvalue weighted by molar-refractivity contribution is -0.147. The number of carbonyl (C=O) groups is 11. The van der Waals surface area contributed by atoms with Crippen LogP contribution in [0.3, 0.4) is 0 Å². The molecular formula is C69H80N12O26. The van der Waals surface area contributed by atoms with Gasteiger partial charge in [-0.05, 0) is 84.9 Å². The number of hydrogen-bond acceptors (Lipinski definition) is 29. The van der Waals surface area contributed by atoms with E-state index in [-0.39, 0.29) is 194 Å². The molecule has 0 radical (unpaired) electrons. The maximum absolute atomic E-state index is 13.6. The number of Topliss-reactive ketones (excluding diaryl/α,β-unsaturated/α-hetero) is 2. The number of nitrogens with zero attached hydrogens (tertiary/aromatic N) is 9. The lowest BCUT2D eigenvalue weighted by Crippen LogP contribution is -2.29. The van der Waals surface area contributed by atoms with E-state index < -0.39 is 72.8 Å². The molecule has 572 valence electrons. The number of nitrogens with one attached hydrogen (secondary N) is 3. The SMILES string of the molecule is CCC(=O)CNC(=O)c1cc(OCCOCCOCCn2cc(CNC(=O)c3ccc(OC(=O)CC(=O)O)cc3)nn2)c(OCCOCCOCCn2cc(CCC(=O)c3ccc(OC(=O)CC(=O)O)cc3)nn2)c(OCCOCCOCCn2cc(CNC(=O)c3ccc(OC(=O)CC(=O)O)cc3)nn2)c1. The predicted molar refractivity (Wildman–Crippen MR) is 364 cm³/mol. The fraction of sp³-hybridized carbons (Fsp3) is 0.406. The molecule has 0 saturated heterocycles. The summed E-state index contributed by atoms with van der Waals surface area (Å²) < 4.78 is 72.8. The van der Waals surface area contributed by atoms with Gasteiger partial charge in [0.05, 0.1) is 137 Å². The van der Waals surface area contributed by atoms with E-state index >= 15 is 0 Å². The first-order valence-electron chi connectivity index (χ1n) is 33.4. The van der Waals surface area contributed by atoms with Crippen LogP contribution in [0, 0.1) is 0 Å². The Balaban J connectivity index is 0.848. The van der Waals surface area contributed by atoms with Gasteiger partial charge in [-0.25, -0.2) is 14.0 Å². The zero-order valence-electron chi connectivity index (χ0n) is 58.2. The molecule has 7 rings (SSSR count). The first-order chi connectivity index (χ1) is 51.7. The fourth-order valence-corrected chi connectivity index (χ4v) is 9.02. The molecule has 0 aliphatic rings. The van der Waals surface area contributed by atoms with Crippen molar-refractivity contribution in [1.29, 1.82) is 0 Å². The van der Waals surface area contributed by atoms with Crippen molar-refractivity contribution in [2.24, 2.45) is 0 Å². The highest BCUT2D eigenvalue weighted by Crippen LogP contribution is 2.39. The van der Waals surface area contributed by atoms with Gasteiger partial charge in [0.15, 0.2) is 23.1 Å². The van der Waals surface area contributed by atoms with E-state index in [1.807, 2.05) is 0 Å². The zero-order valence-corrected chi connectivity index (χ0v) is 58.2. The van der Waals surface area contributed by atoms with Gasteiger partial charge < -0.3 is 88.1 Å². The summed E-state index contributed by atoms with van der Waals surface area (Å²) in [5, 5.41) is 58.9. The highest BCUT2D eigenvalue weighted by molar-refractivity contribution is 5.99. The number of amides is 3. The second-order valence-electron chi connectivity index (χ2n) is 22.5. The standard InChI is InChI=1S/C69H80N12O26/c1-2-53(82)42-72-69(95)49-35-58(102-32-29-99-26-23-97-21-18-80-44-51(74-77-80)40-70-67(93)47-5-12-55(13-6-47)106-64(91)38-61(86)87)66(104-34-31-101-28-25-96-20-17-79-43-50(73-76-79)9-16-57(83)46-3-10-54(11-4-46)105-63(90)37-60(84)85)59(36-49)103-33-30-100-27-24-98-22-19-81-45-52(75-78-81)41-71-68(94)48-7-14-56(15-8-48)107-65(92)39-62(88)89/h3-8,10-15,35-36,43-45H,2,9,16-34,37-42H2,1H3,(H,70,93)(H,71,94)(H,72,95)(H,84,85)(H,86,87)(H,88,89). The molecule has 0 spiro atoms. The molecule has 38 heteroatoms. The van der Waals surface area contributed by atoms with Crippen LogP contribution in [0.5, 0.6) is 34.5 Å². The third-order valence-corrected chi connectivity index (χ3v) is 14.3. The van der Waals surface area contributed by atoms with Crippen LogP contribution in [0.4, 0.5) is 0 Å². The topological polar surface area (TPSA) is 487 Å². The third-order valence-electron chi connectivity index (χ3n) is 14.3. The fourth-order valence-electron chi connectivity index (χ4n) is 9.02. The largest absolute Gasteiger partial charge is 0.487 e. The number of ether oxygens (including phenoxy) is 12. The van der Waals surface area contributed by atoms with Gasteiger partial charge in [-0.2, -0.15) is 0 Å². The number of aryl methyl sites for hydroxylation is 1. The van der Waals surface area contributed by atoms with Gasteiger partial charge >= 0.3 is 35.8 Å². The van der Waals surface area contributed by atoms with Crippen molar-refractivity contribution >= 4 is 65.1 Å². The van der Waals surface area contributed by atoms with E-state index in [2.05, 4.69) is 46.9 Å². The number of ketones is 2. The Morgan fingerprint density at radius 1 is 0.393 bits per heavy atom. The number of carboxylic acid groups (broad SMARTS) is 3. The number of hydrogen-bond donors (Lipinski definition) is 6. The Labute approximate surface area is 610 Å². The molecule has 4 aromatic carbocycles. The monoisotopic (exact) mass is 1490 g/mol. The van der Waals surface area contributed by atoms with E-state index in [9.17, 15) is 52.7 Å². The molecule has 0 atom stereocenters. The number of rotatable bonds is 53. The minimum absolute atomic E-state index is 0.0148. The highest BCUT2D eigenvalue weighted by atomic mass is 16.6. The summed E-state index contributed by atoms with van der Waals surface area (Å²) in [4.78, 5) is 131. The van der Waals surface area contributed by atoms with Crippen molar-refractivity contribution in [3.8, 4) is 34.5 Å². The summed E-state index contributed by atoms with van der Waals surface area (Å²) in [6, 6.07) is 19.8. The van der Waals surface area contributed by atoms with Crippen molar-refractivity contribution in [2.45, 2.75) is 78.2 Å². The van der Waals surface area contributed by atoms with Crippen LogP contribution in [0.15, 0.2) is 104 Å². The van der Waals surface area contributed by atoms with Crippen LogP contribution in [0.25, 0.3) is 0 Å². The van der Waals surface area contributed by atoms with E-state index in [0.717, 1.165) is 0 Å². The summed E-state index contributed by atoms with van der Waals surface area (Å²) >= 11 is 0. The number of aliphatic carboxylic acids is 3. The number of carbonyl (C=O) groups excluding carboxylic acids is 8. The number of esters is 3. The number of aromatic nitrogens is 9. The summed E-state index contributed by atoms with van der Waals surface area (Å²) in [7, 11) is 0. The predicted octanol–water partition coefficient (Wildman–Crippen LogP) is 2.32. The maximum atomic E-state index is 13.6. The average Bonchev–Trinajstić information content (AvgIpc) is 1.79. The first kappa shape index (κ1) is 82.3. The summed E-state index contributed by atoms with van der Waals surface area (Å²) in [6.45, 7) is 4.64. The van der Waals surface area contributed by atoms with Crippen LogP contribution < -0.4 is 44.4 Å². The molecule has 0 fully saturated rings. The third kappa shape index (κ3) is 31.5. The molecule has 0 unspecified atom stereocenters.